The van der Waals surface area contributed by atoms with Gasteiger partial charge in [0.15, 0.2) is 5.54 Å². The van der Waals surface area contributed by atoms with Crippen molar-refractivity contribution in [3.8, 4) is 0 Å². The number of rotatable bonds is 8. The Morgan fingerprint density at radius 1 is 0.966 bits per heavy atom. The highest BCUT2D eigenvalue weighted by molar-refractivity contribution is 6.13. The Labute approximate surface area is 175 Å². The summed E-state index contributed by atoms with van der Waals surface area (Å²) in [6.45, 7) is 9.74. The molecule has 0 aliphatic carbocycles. The highest BCUT2D eigenvalue weighted by atomic mass is 16.6. The van der Waals surface area contributed by atoms with Crippen LogP contribution in [0, 0.1) is 0 Å². The smallest absolute Gasteiger partial charge is 0.334 e. The van der Waals surface area contributed by atoms with Crippen molar-refractivity contribution in [2.75, 3.05) is 0 Å². The molecule has 0 spiro atoms. The van der Waals surface area contributed by atoms with Crippen molar-refractivity contribution < 1.29 is 9.53 Å². The van der Waals surface area contributed by atoms with Crippen LogP contribution in [-0.2, 0) is 9.53 Å². The first-order valence-corrected chi connectivity index (χ1v) is 10.4. The highest BCUT2D eigenvalue weighted by Crippen LogP contribution is 2.30. The van der Waals surface area contributed by atoms with Gasteiger partial charge in [0, 0.05) is 17.5 Å². The fourth-order valence-electron chi connectivity index (χ4n) is 3.24. The molecule has 0 saturated heterocycles. The van der Waals surface area contributed by atoms with Crippen LogP contribution in [-0.4, -0.2) is 22.8 Å². The van der Waals surface area contributed by atoms with E-state index in [2.05, 4.69) is 6.92 Å². The van der Waals surface area contributed by atoms with E-state index in [4.69, 9.17) is 9.73 Å². The molecule has 29 heavy (non-hydrogen) atoms. The van der Waals surface area contributed by atoms with Gasteiger partial charge >= 0.3 is 5.97 Å². The van der Waals surface area contributed by atoms with Crippen molar-refractivity contribution in [3.63, 3.8) is 0 Å². The molecule has 1 atom stereocenters. The standard InChI is InChI=1S/C26H33NO2/c1-6-8-20-26(19-7-2,24(28)29-25(3,4)5)27-23(21-15-11-9-12-16-21)22-17-13-10-14-18-22/h6,8-18H,7,19-20H2,1-5H3. The molecular weight excluding hydrogens is 358 g/mol. The van der Waals surface area contributed by atoms with Crippen molar-refractivity contribution in [2.45, 2.75) is 65.0 Å². The van der Waals surface area contributed by atoms with Crippen LogP contribution in [0.2, 0.25) is 0 Å². The predicted molar refractivity (Wildman–Crippen MR) is 121 cm³/mol. The van der Waals surface area contributed by atoms with Gasteiger partial charge in [-0.05, 0) is 34.1 Å². The summed E-state index contributed by atoms with van der Waals surface area (Å²) >= 11 is 0. The quantitative estimate of drug-likeness (QED) is 0.298. The van der Waals surface area contributed by atoms with Crippen LogP contribution in [0.25, 0.3) is 0 Å². The summed E-state index contributed by atoms with van der Waals surface area (Å²) in [5.74, 6) is -0.269. The van der Waals surface area contributed by atoms with E-state index in [1.54, 1.807) is 0 Å². The Bertz CT molecular complexity index is 791. The van der Waals surface area contributed by atoms with E-state index >= 15 is 0 Å². The Hall–Kier alpha value is -2.68. The highest BCUT2D eigenvalue weighted by Gasteiger charge is 2.40. The van der Waals surface area contributed by atoms with Crippen molar-refractivity contribution in [3.05, 3.63) is 83.9 Å². The van der Waals surface area contributed by atoms with Crippen LogP contribution in [0.4, 0.5) is 0 Å². The summed E-state index contributed by atoms with van der Waals surface area (Å²) < 4.78 is 5.85. The molecule has 3 nitrogen and oxygen atoms in total. The summed E-state index contributed by atoms with van der Waals surface area (Å²) in [5, 5.41) is 0. The van der Waals surface area contributed by atoms with Gasteiger partial charge in [0.05, 0.1) is 5.71 Å². The molecule has 0 amide bonds. The van der Waals surface area contributed by atoms with E-state index in [9.17, 15) is 4.79 Å². The van der Waals surface area contributed by atoms with Gasteiger partial charge < -0.3 is 4.74 Å². The van der Waals surface area contributed by atoms with E-state index in [0.717, 1.165) is 23.3 Å². The van der Waals surface area contributed by atoms with Crippen molar-refractivity contribution in [2.24, 2.45) is 4.99 Å². The van der Waals surface area contributed by atoms with E-state index in [-0.39, 0.29) is 5.97 Å². The maximum Gasteiger partial charge on any atom is 0.334 e. The Kier molecular flexibility index (Phi) is 7.95. The third-order valence-corrected chi connectivity index (χ3v) is 4.55. The number of hydrogen-bond acceptors (Lipinski definition) is 3. The Balaban J connectivity index is 2.69. The summed E-state index contributed by atoms with van der Waals surface area (Å²) in [5.41, 5.74) is 1.26. The van der Waals surface area contributed by atoms with Gasteiger partial charge in [0.1, 0.15) is 5.60 Å². The number of allylic oxidation sites excluding steroid dienone is 1. The van der Waals surface area contributed by atoms with Crippen LogP contribution in [0.5, 0.6) is 0 Å². The maximum absolute atomic E-state index is 13.4. The second kappa shape index (κ2) is 10.2. The van der Waals surface area contributed by atoms with Gasteiger partial charge in [-0.25, -0.2) is 4.79 Å². The second-order valence-corrected chi connectivity index (χ2v) is 8.25. The van der Waals surface area contributed by atoms with Crippen molar-refractivity contribution >= 4 is 11.7 Å². The molecule has 0 fully saturated rings. The lowest BCUT2D eigenvalue weighted by atomic mass is 9.88. The monoisotopic (exact) mass is 391 g/mol. The van der Waals surface area contributed by atoms with E-state index in [1.165, 1.54) is 0 Å². The van der Waals surface area contributed by atoms with E-state index in [0.29, 0.717) is 12.8 Å². The molecule has 2 aromatic rings. The van der Waals surface area contributed by atoms with E-state index < -0.39 is 11.1 Å². The third kappa shape index (κ3) is 6.42. The summed E-state index contributed by atoms with van der Waals surface area (Å²) in [4.78, 5) is 18.6. The minimum Gasteiger partial charge on any atom is -0.458 e. The van der Waals surface area contributed by atoms with Crippen LogP contribution >= 0.6 is 0 Å². The van der Waals surface area contributed by atoms with Gasteiger partial charge in [-0.2, -0.15) is 0 Å². The fraction of sp³-hybridized carbons (Fsp3) is 0.385. The molecule has 2 aromatic carbocycles. The zero-order valence-electron chi connectivity index (χ0n) is 18.3. The molecule has 0 aromatic heterocycles. The maximum atomic E-state index is 13.4. The van der Waals surface area contributed by atoms with Crippen molar-refractivity contribution in [1.82, 2.24) is 0 Å². The summed E-state index contributed by atoms with van der Waals surface area (Å²) in [7, 11) is 0. The van der Waals surface area contributed by atoms with Gasteiger partial charge in [-0.1, -0.05) is 86.2 Å². The Morgan fingerprint density at radius 2 is 1.48 bits per heavy atom. The van der Waals surface area contributed by atoms with Crippen LogP contribution < -0.4 is 0 Å². The lowest BCUT2D eigenvalue weighted by Crippen LogP contribution is -2.42. The molecule has 0 heterocycles. The number of benzene rings is 2. The van der Waals surface area contributed by atoms with Gasteiger partial charge in [-0.15, -0.1) is 0 Å². The Morgan fingerprint density at radius 3 is 1.90 bits per heavy atom. The molecule has 0 aliphatic rings. The molecule has 1 unspecified atom stereocenters. The third-order valence-electron chi connectivity index (χ3n) is 4.55. The lowest BCUT2D eigenvalue weighted by Gasteiger charge is -2.32. The number of nitrogens with zero attached hydrogens (tertiary/aromatic N) is 1. The molecule has 0 bridgehead atoms. The SMILES string of the molecule is CC=CCC(CCC)(N=C(c1ccccc1)c1ccccc1)C(=O)OC(C)(C)C. The first-order valence-electron chi connectivity index (χ1n) is 10.4. The average Bonchev–Trinajstić information content (AvgIpc) is 2.70. The number of carbonyl (C=O) groups is 1. The minimum absolute atomic E-state index is 0.269. The second-order valence-electron chi connectivity index (χ2n) is 8.25. The van der Waals surface area contributed by atoms with Crippen LogP contribution in [0.3, 0.4) is 0 Å². The van der Waals surface area contributed by atoms with E-state index in [1.807, 2.05) is 101 Å². The molecule has 3 heteroatoms. The molecule has 0 radical (unpaired) electrons. The summed E-state index contributed by atoms with van der Waals surface area (Å²) in [6, 6.07) is 20.1. The number of hydrogen-bond donors (Lipinski definition) is 0. The fourth-order valence-corrected chi connectivity index (χ4v) is 3.24. The van der Waals surface area contributed by atoms with Gasteiger partial charge in [-0.3, -0.25) is 4.99 Å². The molecule has 154 valence electrons. The summed E-state index contributed by atoms with van der Waals surface area (Å²) in [6.07, 6.45) is 5.94. The van der Waals surface area contributed by atoms with Crippen LogP contribution in [0.15, 0.2) is 77.8 Å². The molecule has 0 N–H and O–H groups in total. The minimum atomic E-state index is -0.963. The van der Waals surface area contributed by atoms with Gasteiger partial charge in [0.25, 0.3) is 0 Å². The number of ether oxygens (including phenoxy) is 1. The van der Waals surface area contributed by atoms with Crippen molar-refractivity contribution in [1.29, 1.82) is 0 Å². The van der Waals surface area contributed by atoms with Gasteiger partial charge in [0.2, 0.25) is 0 Å². The largest absolute Gasteiger partial charge is 0.458 e. The number of carbonyl (C=O) groups excluding carboxylic acids is 1. The average molecular weight is 392 g/mol. The first kappa shape index (κ1) is 22.6. The number of aliphatic imine (C=N–C) groups is 1. The molecule has 2 rings (SSSR count). The lowest BCUT2D eigenvalue weighted by molar-refractivity contribution is -0.161. The molecule has 0 aliphatic heterocycles. The topological polar surface area (TPSA) is 38.7 Å². The predicted octanol–water partition coefficient (Wildman–Crippen LogP) is 6.37. The zero-order valence-corrected chi connectivity index (χ0v) is 18.3. The molecular formula is C26H33NO2. The van der Waals surface area contributed by atoms with Crippen LogP contribution in [0.1, 0.15) is 65.0 Å². The zero-order chi connectivity index (χ0) is 21.3. The molecule has 0 saturated carbocycles. The first-order chi connectivity index (χ1) is 13.8. The normalized spacial score (nSPS) is 13.7. The number of esters is 1.